The molecule has 0 radical (unpaired) electrons. The van der Waals surface area contributed by atoms with Gasteiger partial charge in [0.25, 0.3) is 0 Å². The fourth-order valence-corrected chi connectivity index (χ4v) is 3.68. The van der Waals surface area contributed by atoms with E-state index in [4.69, 9.17) is 4.84 Å². The maximum absolute atomic E-state index is 12.0. The number of nitrogens with zero attached hydrogens (tertiary/aromatic N) is 5. The van der Waals surface area contributed by atoms with Crippen LogP contribution in [-0.2, 0) is 16.3 Å². The molecule has 0 atom stereocenters. The highest BCUT2D eigenvalue weighted by Gasteiger charge is 2.19. The number of rotatable bonds is 7. The number of aromatic nitrogens is 1. The Bertz CT molecular complexity index is 1090. The van der Waals surface area contributed by atoms with Crippen molar-refractivity contribution in [2.24, 2.45) is 15.4 Å². The second-order valence-corrected chi connectivity index (χ2v) is 7.45. The quantitative estimate of drug-likeness (QED) is 0.348. The first-order valence-corrected chi connectivity index (χ1v) is 10.4. The Kier molecular flexibility index (Phi) is 6.68. The molecular weight excluding hydrogens is 394 g/mol. The van der Waals surface area contributed by atoms with Crippen molar-refractivity contribution in [3.63, 3.8) is 0 Å². The summed E-state index contributed by atoms with van der Waals surface area (Å²) < 4.78 is 1.82. The van der Waals surface area contributed by atoms with Crippen LogP contribution in [0.1, 0.15) is 24.8 Å². The van der Waals surface area contributed by atoms with Crippen LogP contribution in [0.3, 0.4) is 0 Å². The normalized spacial score (nSPS) is 15.2. The molecule has 4 rings (SSSR count). The van der Waals surface area contributed by atoms with Gasteiger partial charge in [-0.2, -0.15) is 0 Å². The number of piperidine rings is 1. The first kappa shape index (κ1) is 20.7. The molecule has 8 heteroatoms. The lowest BCUT2D eigenvalue weighted by molar-refractivity contribution is -0.122. The maximum Gasteiger partial charge on any atom is 0.304 e. The lowest BCUT2D eigenvalue weighted by Crippen LogP contribution is -2.31. The summed E-state index contributed by atoms with van der Waals surface area (Å²) >= 11 is 0. The fourth-order valence-electron chi connectivity index (χ4n) is 3.68. The molecule has 8 nitrogen and oxygen atoms in total. The lowest BCUT2D eigenvalue weighted by atomic mass is 10.1. The zero-order valence-electron chi connectivity index (χ0n) is 17.2. The molecule has 0 aliphatic carbocycles. The summed E-state index contributed by atoms with van der Waals surface area (Å²) in [7, 11) is 0. The molecule has 31 heavy (non-hydrogen) atoms. The minimum absolute atomic E-state index is 0.00587. The molecule has 1 aliphatic heterocycles. The molecule has 0 bridgehead atoms. The van der Waals surface area contributed by atoms with Crippen LogP contribution in [0.5, 0.6) is 5.88 Å². The molecule has 160 valence electrons. The SMILES string of the molecule is O=C(CON=Cc1ccccc1)N=Nc1c(O)n(CN2CCCCC2)c2ccccc12. The van der Waals surface area contributed by atoms with Crippen molar-refractivity contribution in [2.45, 2.75) is 25.9 Å². The number of amides is 1. The number of carbonyl (C=O) groups is 1. The number of hydrogen-bond acceptors (Lipinski definition) is 6. The van der Waals surface area contributed by atoms with E-state index in [1.165, 1.54) is 12.6 Å². The van der Waals surface area contributed by atoms with Gasteiger partial charge in [-0.25, -0.2) is 0 Å². The van der Waals surface area contributed by atoms with E-state index in [-0.39, 0.29) is 18.2 Å². The van der Waals surface area contributed by atoms with Crippen LogP contribution < -0.4 is 0 Å². The number of hydrogen-bond donors (Lipinski definition) is 1. The van der Waals surface area contributed by atoms with Crippen LogP contribution in [0.25, 0.3) is 10.9 Å². The van der Waals surface area contributed by atoms with E-state index in [2.05, 4.69) is 20.3 Å². The fraction of sp³-hybridized carbons (Fsp3) is 0.304. The number of benzene rings is 2. The Hall–Kier alpha value is -3.52. The first-order valence-electron chi connectivity index (χ1n) is 10.4. The van der Waals surface area contributed by atoms with Crippen LogP contribution >= 0.6 is 0 Å². The third-order valence-corrected chi connectivity index (χ3v) is 5.23. The summed E-state index contributed by atoms with van der Waals surface area (Å²) in [6.45, 7) is 2.25. The van der Waals surface area contributed by atoms with Gasteiger partial charge in [0.1, 0.15) is 0 Å². The molecule has 0 saturated carbocycles. The van der Waals surface area contributed by atoms with Gasteiger partial charge in [-0.1, -0.05) is 60.1 Å². The van der Waals surface area contributed by atoms with Gasteiger partial charge < -0.3 is 9.94 Å². The van der Waals surface area contributed by atoms with Gasteiger partial charge in [0, 0.05) is 5.39 Å². The molecule has 3 aromatic rings. The van der Waals surface area contributed by atoms with Crippen LogP contribution in [0.15, 0.2) is 70.0 Å². The first-order chi connectivity index (χ1) is 15.2. The molecule has 2 heterocycles. The van der Waals surface area contributed by atoms with Crippen molar-refractivity contribution in [2.75, 3.05) is 19.7 Å². The van der Waals surface area contributed by atoms with Gasteiger partial charge in [-0.05, 0) is 37.6 Å². The predicted octanol–water partition coefficient (Wildman–Crippen LogP) is 4.45. The van der Waals surface area contributed by atoms with Crippen LogP contribution in [0.2, 0.25) is 0 Å². The molecule has 0 unspecified atom stereocenters. The van der Waals surface area contributed by atoms with Gasteiger partial charge >= 0.3 is 5.91 Å². The standard InChI is InChI=1S/C23H25N5O3/c29-21(16-31-24-15-18-9-3-1-4-10-18)25-26-22-19-11-5-6-12-20(19)28(23(22)30)17-27-13-7-2-8-14-27/h1,3-6,9-12,15,30H,2,7-8,13-14,16-17H2. The van der Waals surface area contributed by atoms with Crippen molar-refractivity contribution in [1.29, 1.82) is 0 Å². The van der Waals surface area contributed by atoms with E-state index in [9.17, 15) is 9.90 Å². The van der Waals surface area contributed by atoms with Crippen molar-refractivity contribution in [3.05, 3.63) is 60.2 Å². The van der Waals surface area contributed by atoms with Crippen molar-refractivity contribution >= 4 is 28.7 Å². The second kappa shape index (κ2) is 9.99. The number of likely N-dealkylation sites (tertiary alicyclic amines) is 1. The number of para-hydroxylation sites is 1. The van der Waals surface area contributed by atoms with E-state index in [0.29, 0.717) is 6.67 Å². The summed E-state index contributed by atoms with van der Waals surface area (Å²) in [6, 6.07) is 17.0. The minimum atomic E-state index is -0.586. The summed E-state index contributed by atoms with van der Waals surface area (Å²) in [5, 5.41) is 23.1. The highest BCUT2D eigenvalue weighted by Crippen LogP contribution is 2.39. The van der Waals surface area contributed by atoms with E-state index in [1.807, 2.05) is 59.2 Å². The van der Waals surface area contributed by atoms with Crippen LogP contribution in [-0.4, -0.2) is 46.4 Å². The number of oxime groups is 1. The number of fused-ring (bicyclic) bond motifs is 1. The molecule has 1 amide bonds. The predicted molar refractivity (Wildman–Crippen MR) is 119 cm³/mol. The lowest BCUT2D eigenvalue weighted by Gasteiger charge is -2.27. The van der Waals surface area contributed by atoms with Gasteiger partial charge in [-0.15, -0.1) is 10.2 Å². The Morgan fingerprint density at radius 3 is 2.58 bits per heavy atom. The average Bonchev–Trinajstić information content (AvgIpc) is 3.07. The summed E-state index contributed by atoms with van der Waals surface area (Å²) in [4.78, 5) is 19.4. The molecule has 1 fully saturated rings. The van der Waals surface area contributed by atoms with E-state index >= 15 is 0 Å². The molecule has 0 spiro atoms. The summed E-state index contributed by atoms with van der Waals surface area (Å²) in [5.74, 6) is -0.580. The minimum Gasteiger partial charge on any atom is -0.493 e. The van der Waals surface area contributed by atoms with Crippen LogP contribution in [0.4, 0.5) is 5.69 Å². The Balaban J connectivity index is 1.44. The number of aromatic hydroxyl groups is 1. The van der Waals surface area contributed by atoms with Crippen molar-refractivity contribution in [1.82, 2.24) is 9.47 Å². The number of azo groups is 1. The Morgan fingerprint density at radius 1 is 1.03 bits per heavy atom. The molecule has 1 saturated heterocycles. The topological polar surface area (TPSA) is 91.8 Å². The van der Waals surface area contributed by atoms with E-state index < -0.39 is 5.91 Å². The van der Waals surface area contributed by atoms with Gasteiger partial charge in [0.05, 0.1) is 18.4 Å². The largest absolute Gasteiger partial charge is 0.493 e. The van der Waals surface area contributed by atoms with Gasteiger partial charge in [0.15, 0.2) is 12.3 Å². The highest BCUT2D eigenvalue weighted by atomic mass is 16.6. The third kappa shape index (κ3) is 5.16. The maximum atomic E-state index is 12.0. The van der Waals surface area contributed by atoms with Crippen molar-refractivity contribution in [3.8, 4) is 5.88 Å². The zero-order valence-corrected chi connectivity index (χ0v) is 17.2. The number of carbonyl (C=O) groups excluding carboxylic acids is 1. The Labute approximate surface area is 180 Å². The third-order valence-electron chi connectivity index (χ3n) is 5.23. The van der Waals surface area contributed by atoms with Gasteiger partial charge in [-0.3, -0.25) is 14.3 Å². The molecule has 2 aromatic carbocycles. The van der Waals surface area contributed by atoms with Gasteiger partial charge in [0.2, 0.25) is 5.88 Å². The molecular formula is C23H25N5O3. The zero-order chi connectivity index (χ0) is 21.5. The van der Waals surface area contributed by atoms with E-state index in [1.54, 1.807) is 0 Å². The monoisotopic (exact) mass is 419 g/mol. The highest BCUT2D eigenvalue weighted by molar-refractivity contribution is 5.95. The second-order valence-electron chi connectivity index (χ2n) is 7.45. The average molecular weight is 419 g/mol. The summed E-state index contributed by atoms with van der Waals surface area (Å²) in [6.07, 6.45) is 5.08. The molecule has 1 aromatic heterocycles. The smallest absolute Gasteiger partial charge is 0.304 e. The summed E-state index contributed by atoms with van der Waals surface area (Å²) in [5.41, 5.74) is 2.01. The van der Waals surface area contributed by atoms with Crippen LogP contribution in [0, 0.1) is 0 Å². The molecule has 1 aliphatic rings. The molecule has 1 N–H and O–H groups in total. The van der Waals surface area contributed by atoms with Crippen molar-refractivity contribution < 1.29 is 14.7 Å². The van der Waals surface area contributed by atoms with E-state index in [0.717, 1.165) is 42.4 Å². The Morgan fingerprint density at radius 2 is 1.77 bits per heavy atom.